The maximum Gasteiger partial charge on any atom is 0.408 e. The number of imide groups is 1. The van der Waals surface area contributed by atoms with Crippen molar-refractivity contribution < 1.29 is 43.5 Å². The molecule has 0 aromatic rings. The van der Waals surface area contributed by atoms with Gasteiger partial charge in [0.25, 0.3) is 11.8 Å². The van der Waals surface area contributed by atoms with Crippen LogP contribution in [0.4, 0.5) is 4.79 Å². The van der Waals surface area contributed by atoms with Crippen LogP contribution in [0.1, 0.15) is 60.3 Å². The molecule has 17 nitrogen and oxygen atoms in total. The Balaban J connectivity index is 2.82. The minimum absolute atomic E-state index is 0.00525. The van der Waals surface area contributed by atoms with Gasteiger partial charge in [-0.2, -0.15) is 5.06 Å². The SMILES string of the molecule is CC(C)C[C@H](NC(=O)OC(C)(C)C)C(=O)N[C@@H](CCCN=C(N)N)C(=O)NCC(=O)NCC(=O)C1CC(=O)N(O)C1=O. The minimum atomic E-state index is -1.41. The summed E-state index contributed by atoms with van der Waals surface area (Å²) in [6.45, 7) is 7.67. The number of carbonyl (C=O) groups is 7. The lowest BCUT2D eigenvalue weighted by atomic mass is 10.0. The number of guanidine groups is 1. The van der Waals surface area contributed by atoms with E-state index in [1.165, 1.54) is 0 Å². The van der Waals surface area contributed by atoms with Gasteiger partial charge in [-0.1, -0.05) is 13.8 Å². The summed E-state index contributed by atoms with van der Waals surface area (Å²) in [7, 11) is 0. The summed E-state index contributed by atoms with van der Waals surface area (Å²) in [4.78, 5) is 89.8. The van der Waals surface area contributed by atoms with Gasteiger partial charge in [0, 0.05) is 13.0 Å². The second-order valence-electron chi connectivity index (χ2n) is 11.1. The molecule has 1 rings (SSSR count). The van der Waals surface area contributed by atoms with E-state index in [9.17, 15) is 38.8 Å². The zero-order chi connectivity index (χ0) is 32.2. The topological polar surface area (TPSA) is 265 Å². The summed E-state index contributed by atoms with van der Waals surface area (Å²) < 4.78 is 5.24. The predicted molar refractivity (Wildman–Crippen MR) is 147 cm³/mol. The molecular formula is C25H42N8O9. The zero-order valence-electron chi connectivity index (χ0n) is 24.5. The highest BCUT2D eigenvalue weighted by molar-refractivity contribution is 6.14. The summed E-state index contributed by atoms with van der Waals surface area (Å²) in [6, 6.07) is -2.17. The van der Waals surface area contributed by atoms with Gasteiger partial charge in [-0.15, -0.1) is 0 Å². The molecule has 1 unspecified atom stereocenters. The Kier molecular flexibility index (Phi) is 13.8. The van der Waals surface area contributed by atoms with E-state index in [2.05, 4.69) is 26.3 Å². The van der Waals surface area contributed by atoms with E-state index in [-0.39, 0.29) is 42.7 Å². The molecule has 17 heteroatoms. The lowest BCUT2D eigenvalue weighted by molar-refractivity contribution is -0.172. The second-order valence-corrected chi connectivity index (χ2v) is 11.1. The third kappa shape index (κ3) is 12.9. The molecule has 6 amide bonds. The molecule has 1 aliphatic rings. The number of carbonyl (C=O) groups excluding carboxylic acids is 7. The number of hydrogen-bond acceptors (Lipinski definition) is 10. The van der Waals surface area contributed by atoms with Gasteiger partial charge in [0.15, 0.2) is 11.7 Å². The summed E-state index contributed by atoms with van der Waals surface area (Å²) in [6.07, 6.45) is -0.722. The number of hydroxylamine groups is 2. The van der Waals surface area contributed by atoms with Gasteiger partial charge in [0.2, 0.25) is 17.7 Å². The third-order valence-electron chi connectivity index (χ3n) is 5.69. The van der Waals surface area contributed by atoms with Gasteiger partial charge in [0.05, 0.1) is 13.1 Å². The van der Waals surface area contributed by atoms with Crippen molar-refractivity contribution in [3.63, 3.8) is 0 Å². The van der Waals surface area contributed by atoms with Gasteiger partial charge in [-0.05, 0) is 46.0 Å². The Morgan fingerprint density at radius 3 is 2.19 bits per heavy atom. The van der Waals surface area contributed by atoms with Crippen LogP contribution in [0.25, 0.3) is 0 Å². The lowest BCUT2D eigenvalue weighted by Gasteiger charge is -2.26. The van der Waals surface area contributed by atoms with Gasteiger partial charge < -0.3 is 37.5 Å². The van der Waals surface area contributed by atoms with Gasteiger partial charge in [-0.25, -0.2) is 4.79 Å². The van der Waals surface area contributed by atoms with Crippen molar-refractivity contribution in [1.82, 2.24) is 26.3 Å². The summed E-state index contributed by atoms with van der Waals surface area (Å²) in [5.74, 6) is -6.54. The van der Waals surface area contributed by atoms with Crippen LogP contribution in [0.3, 0.4) is 0 Å². The number of hydrogen-bond donors (Lipinski definition) is 7. The van der Waals surface area contributed by atoms with Crippen LogP contribution in [-0.4, -0.2) is 95.0 Å². The smallest absolute Gasteiger partial charge is 0.408 e. The molecule has 1 heterocycles. The van der Waals surface area contributed by atoms with Crippen LogP contribution in [0.5, 0.6) is 0 Å². The highest BCUT2D eigenvalue weighted by Crippen LogP contribution is 2.18. The maximum absolute atomic E-state index is 13.1. The van der Waals surface area contributed by atoms with Crippen LogP contribution in [0, 0.1) is 11.8 Å². The molecular weight excluding hydrogens is 556 g/mol. The number of nitrogens with zero attached hydrogens (tertiary/aromatic N) is 2. The van der Waals surface area contributed by atoms with E-state index in [0.29, 0.717) is 0 Å². The number of ketones is 1. The van der Waals surface area contributed by atoms with Crippen LogP contribution in [0.15, 0.2) is 4.99 Å². The van der Waals surface area contributed by atoms with Crippen molar-refractivity contribution in [2.75, 3.05) is 19.6 Å². The monoisotopic (exact) mass is 598 g/mol. The van der Waals surface area contributed by atoms with E-state index in [4.69, 9.17) is 16.2 Å². The van der Waals surface area contributed by atoms with Crippen molar-refractivity contribution in [3.8, 4) is 0 Å². The molecule has 1 saturated heterocycles. The molecule has 1 aliphatic heterocycles. The van der Waals surface area contributed by atoms with Crippen LogP contribution < -0.4 is 32.7 Å². The van der Waals surface area contributed by atoms with Gasteiger partial charge >= 0.3 is 6.09 Å². The van der Waals surface area contributed by atoms with E-state index in [1.54, 1.807) is 20.8 Å². The second kappa shape index (κ2) is 16.2. The quantitative estimate of drug-likeness (QED) is 0.0271. The van der Waals surface area contributed by atoms with Gasteiger partial charge in [-0.3, -0.25) is 39.0 Å². The zero-order valence-corrected chi connectivity index (χ0v) is 24.5. The van der Waals surface area contributed by atoms with Gasteiger partial charge in [0.1, 0.15) is 23.6 Å². The molecule has 9 N–H and O–H groups in total. The summed E-state index contributed by atoms with van der Waals surface area (Å²) in [5, 5.41) is 18.8. The van der Waals surface area contributed by atoms with Crippen molar-refractivity contribution in [3.05, 3.63) is 0 Å². The molecule has 0 aliphatic carbocycles. The predicted octanol–water partition coefficient (Wildman–Crippen LogP) is -1.97. The fraction of sp³-hybridized carbons (Fsp3) is 0.680. The first-order valence-electron chi connectivity index (χ1n) is 13.4. The van der Waals surface area contributed by atoms with Crippen LogP contribution in [-0.2, 0) is 33.5 Å². The van der Waals surface area contributed by atoms with E-state index in [0.717, 1.165) is 0 Å². The summed E-state index contributed by atoms with van der Waals surface area (Å²) >= 11 is 0. The Hall–Kier alpha value is -4.28. The normalized spacial score (nSPS) is 16.4. The number of ether oxygens (including phenoxy) is 1. The fourth-order valence-electron chi connectivity index (χ4n) is 3.73. The maximum atomic E-state index is 13.1. The number of nitrogens with two attached hydrogens (primary N) is 2. The molecule has 236 valence electrons. The molecule has 0 saturated carbocycles. The van der Waals surface area contributed by atoms with E-state index >= 15 is 0 Å². The third-order valence-corrected chi connectivity index (χ3v) is 5.69. The first kappa shape index (κ1) is 35.7. The van der Waals surface area contributed by atoms with Crippen molar-refractivity contribution in [2.45, 2.75) is 78.0 Å². The minimum Gasteiger partial charge on any atom is -0.444 e. The number of amides is 6. The molecule has 0 aromatic carbocycles. The van der Waals surface area contributed by atoms with E-state index < -0.39 is 84.5 Å². The Labute approximate surface area is 243 Å². The number of nitrogens with one attached hydrogen (secondary N) is 4. The number of alkyl carbamates (subject to hydrolysis) is 1. The molecule has 0 spiro atoms. The molecule has 1 fully saturated rings. The van der Waals surface area contributed by atoms with E-state index in [1.807, 2.05) is 13.8 Å². The Bertz CT molecular complexity index is 1070. The fourth-order valence-corrected chi connectivity index (χ4v) is 3.73. The average Bonchev–Trinajstić information content (AvgIpc) is 3.12. The van der Waals surface area contributed by atoms with Crippen molar-refractivity contribution in [2.24, 2.45) is 28.3 Å². The van der Waals surface area contributed by atoms with Crippen molar-refractivity contribution in [1.29, 1.82) is 0 Å². The highest BCUT2D eigenvalue weighted by Gasteiger charge is 2.42. The number of rotatable bonds is 15. The summed E-state index contributed by atoms with van der Waals surface area (Å²) in [5.41, 5.74) is 9.85. The largest absolute Gasteiger partial charge is 0.444 e. The number of Topliss-reactive ketones (excluding diaryl/α,β-unsaturated/α-hetero) is 1. The molecule has 0 bridgehead atoms. The highest BCUT2D eigenvalue weighted by atomic mass is 16.6. The van der Waals surface area contributed by atoms with Crippen LogP contribution in [0.2, 0.25) is 0 Å². The average molecular weight is 599 g/mol. The standard InChI is InChI=1S/C25H42N8O9/c1-13(2)9-16(32-24(40)42-25(3,4)5)21(38)31-15(7-6-8-28-23(26)27)20(37)30-12-18(35)29-11-17(34)14-10-19(36)33(41)22(14)39/h13-16,41H,6-12H2,1-5H3,(H,29,35)(H,30,37)(H,31,38)(H,32,40)(H4,26,27,28)/t14?,15-,16-/m0/s1. The first-order chi connectivity index (χ1) is 19.4. The molecule has 0 radical (unpaired) electrons. The molecule has 3 atom stereocenters. The lowest BCUT2D eigenvalue weighted by Crippen LogP contribution is -2.55. The Morgan fingerprint density at radius 2 is 1.67 bits per heavy atom. The van der Waals surface area contributed by atoms with Crippen molar-refractivity contribution >= 4 is 47.4 Å². The first-order valence-corrected chi connectivity index (χ1v) is 13.4. The van der Waals surface area contributed by atoms with Crippen LogP contribution >= 0.6 is 0 Å². The number of aliphatic imine (C=N–C) groups is 1. The Morgan fingerprint density at radius 1 is 1.02 bits per heavy atom. The molecule has 0 aromatic heterocycles. The molecule has 42 heavy (non-hydrogen) atoms.